The van der Waals surface area contributed by atoms with Crippen LogP contribution in [-0.2, 0) is 6.61 Å². The van der Waals surface area contributed by atoms with Crippen molar-refractivity contribution in [3.8, 4) is 5.75 Å². The van der Waals surface area contributed by atoms with E-state index in [0.29, 0.717) is 21.9 Å². The van der Waals surface area contributed by atoms with Gasteiger partial charge in [-0.1, -0.05) is 23.7 Å². The Labute approximate surface area is 123 Å². The molecule has 5 heteroatoms. The maximum absolute atomic E-state index is 10.7. The van der Waals surface area contributed by atoms with Crippen molar-refractivity contribution in [2.75, 3.05) is 0 Å². The smallest absolute Gasteiger partial charge is 0.134 e. The maximum atomic E-state index is 10.7. The van der Waals surface area contributed by atoms with Crippen molar-refractivity contribution in [2.24, 2.45) is 0 Å². The van der Waals surface area contributed by atoms with Crippen LogP contribution in [0, 0.1) is 0 Å². The molecule has 0 aliphatic carbocycles. The van der Waals surface area contributed by atoms with E-state index in [4.69, 9.17) is 16.3 Å². The second-order valence-corrected chi connectivity index (χ2v) is 5.14. The molecule has 0 bridgehead atoms. The molecule has 0 spiro atoms. The Morgan fingerprint density at radius 3 is 2.47 bits per heavy atom. The normalized spacial score (nSPS) is 10.2. The van der Waals surface area contributed by atoms with Crippen molar-refractivity contribution in [3.05, 3.63) is 63.1 Å². The fourth-order valence-electron chi connectivity index (χ4n) is 1.49. The van der Waals surface area contributed by atoms with Gasteiger partial charge in [0, 0.05) is 5.02 Å². The number of hydrogen-bond donors (Lipinski definition) is 0. The lowest BCUT2D eigenvalue weighted by molar-refractivity contribution is -0.255. The van der Waals surface area contributed by atoms with Crippen molar-refractivity contribution in [2.45, 2.75) is 6.61 Å². The molecular formula is C14H9BrClO3-. The number of halogens is 2. The summed E-state index contributed by atoms with van der Waals surface area (Å²) in [6.45, 7) is 0.375. The average molecular weight is 341 g/mol. The van der Waals surface area contributed by atoms with E-state index in [1.165, 1.54) is 12.1 Å². The number of hydrogen-bond acceptors (Lipinski definition) is 3. The second kappa shape index (κ2) is 6.08. The highest BCUT2D eigenvalue weighted by Crippen LogP contribution is 2.26. The molecule has 98 valence electrons. The van der Waals surface area contributed by atoms with E-state index in [1.807, 2.05) is 12.1 Å². The van der Waals surface area contributed by atoms with Crippen LogP contribution in [0.3, 0.4) is 0 Å². The summed E-state index contributed by atoms with van der Waals surface area (Å²) in [4.78, 5) is 10.7. The van der Waals surface area contributed by atoms with E-state index in [-0.39, 0.29) is 5.56 Å². The van der Waals surface area contributed by atoms with Crippen LogP contribution in [0.15, 0.2) is 46.9 Å². The molecule has 2 rings (SSSR count). The predicted molar refractivity (Wildman–Crippen MR) is 74.3 cm³/mol. The zero-order valence-electron chi connectivity index (χ0n) is 9.73. The van der Waals surface area contributed by atoms with Gasteiger partial charge in [0.25, 0.3) is 0 Å². The number of carboxylic acid groups (broad SMARTS) is 1. The molecule has 0 N–H and O–H groups in total. The molecule has 0 amide bonds. The van der Waals surface area contributed by atoms with E-state index in [1.54, 1.807) is 18.2 Å². The number of ether oxygens (including phenoxy) is 1. The molecule has 0 heterocycles. The fourth-order valence-corrected chi connectivity index (χ4v) is 2.11. The van der Waals surface area contributed by atoms with Gasteiger partial charge in [0.15, 0.2) is 0 Å². The molecule has 2 aromatic carbocycles. The largest absolute Gasteiger partial charge is 0.545 e. The molecule has 0 aromatic heterocycles. The maximum Gasteiger partial charge on any atom is 0.134 e. The molecule has 0 atom stereocenters. The molecule has 3 nitrogen and oxygen atoms in total. The van der Waals surface area contributed by atoms with E-state index < -0.39 is 5.97 Å². The van der Waals surface area contributed by atoms with Crippen LogP contribution in [0.5, 0.6) is 5.75 Å². The van der Waals surface area contributed by atoms with Crippen LogP contribution in [-0.4, -0.2) is 5.97 Å². The van der Waals surface area contributed by atoms with Crippen LogP contribution in [0.4, 0.5) is 0 Å². The van der Waals surface area contributed by atoms with Crippen LogP contribution >= 0.6 is 27.5 Å². The second-order valence-electron chi connectivity index (χ2n) is 3.85. The van der Waals surface area contributed by atoms with Gasteiger partial charge in [-0.25, -0.2) is 0 Å². The summed E-state index contributed by atoms with van der Waals surface area (Å²) in [5.74, 6) is -0.648. The minimum Gasteiger partial charge on any atom is -0.545 e. The SMILES string of the molecule is O=C([O-])c1ccc(OCc2ccc(Cl)cc2)c(Br)c1. The highest BCUT2D eigenvalue weighted by molar-refractivity contribution is 9.10. The fraction of sp³-hybridized carbons (Fsp3) is 0.0714. The molecule has 0 saturated heterocycles. The van der Waals surface area contributed by atoms with Crippen molar-refractivity contribution in [1.29, 1.82) is 0 Å². The van der Waals surface area contributed by atoms with Gasteiger partial charge in [0.2, 0.25) is 0 Å². The molecule has 0 aliphatic rings. The minimum absolute atomic E-state index is 0.103. The zero-order chi connectivity index (χ0) is 13.8. The summed E-state index contributed by atoms with van der Waals surface area (Å²) < 4.78 is 6.17. The molecule has 19 heavy (non-hydrogen) atoms. The summed E-state index contributed by atoms with van der Waals surface area (Å²) in [7, 11) is 0. The summed E-state index contributed by atoms with van der Waals surface area (Å²) in [5.41, 5.74) is 1.07. The van der Waals surface area contributed by atoms with Crippen molar-refractivity contribution < 1.29 is 14.6 Å². The average Bonchev–Trinajstić information content (AvgIpc) is 2.39. The van der Waals surface area contributed by atoms with Crippen LogP contribution in [0.1, 0.15) is 15.9 Å². The van der Waals surface area contributed by atoms with Crippen molar-refractivity contribution in [3.63, 3.8) is 0 Å². The zero-order valence-corrected chi connectivity index (χ0v) is 12.1. The first kappa shape index (κ1) is 13.9. The first-order valence-corrected chi connectivity index (χ1v) is 6.61. The number of carbonyl (C=O) groups is 1. The Morgan fingerprint density at radius 2 is 1.89 bits per heavy atom. The lowest BCUT2D eigenvalue weighted by Crippen LogP contribution is -2.22. The third-order valence-corrected chi connectivity index (χ3v) is 3.35. The third kappa shape index (κ3) is 3.72. The Bertz CT molecular complexity index is 596. The van der Waals surface area contributed by atoms with Gasteiger partial charge < -0.3 is 14.6 Å². The van der Waals surface area contributed by atoms with Gasteiger partial charge in [-0.2, -0.15) is 0 Å². The van der Waals surface area contributed by atoms with Gasteiger partial charge in [-0.05, 0) is 57.4 Å². The first-order valence-electron chi connectivity index (χ1n) is 5.44. The highest BCUT2D eigenvalue weighted by Gasteiger charge is 2.04. The number of rotatable bonds is 4. The minimum atomic E-state index is -1.22. The third-order valence-electron chi connectivity index (χ3n) is 2.48. The van der Waals surface area contributed by atoms with E-state index >= 15 is 0 Å². The standard InChI is InChI=1S/C14H10BrClO3/c15-12-7-10(14(17)18)3-6-13(12)19-8-9-1-4-11(16)5-2-9/h1-7H,8H2,(H,17,18)/p-1. The topological polar surface area (TPSA) is 49.4 Å². The number of aromatic carboxylic acids is 1. The van der Waals surface area contributed by atoms with Crippen molar-refractivity contribution >= 4 is 33.5 Å². The van der Waals surface area contributed by atoms with Gasteiger partial charge in [-0.3, -0.25) is 0 Å². The summed E-state index contributed by atoms with van der Waals surface area (Å²) in [6.07, 6.45) is 0. The van der Waals surface area contributed by atoms with Gasteiger partial charge >= 0.3 is 0 Å². The predicted octanol–water partition coefficient (Wildman–Crippen LogP) is 3.05. The Morgan fingerprint density at radius 1 is 1.21 bits per heavy atom. The Hall–Kier alpha value is -1.52. The monoisotopic (exact) mass is 339 g/mol. The molecule has 0 aliphatic heterocycles. The lowest BCUT2D eigenvalue weighted by Gasteiger charge is -2.10. The van der Waals surface area contributed by atoms with E-state index in [9.17, 15) is 9.90 Å². The summed E-state index contributed by atoms with van der Waals surface area (Å²) in [6, 6.07) is 11.8. The van der Waals surface area contributed by atoms with E-state index in [2.05, 4.69) is 15.9 Å². The molecule has 2 aromatic rings. The summed E-state index contributed by atoms with van der Waals surface area (Å²) >= 11 is 9.05. The highest BCUT2D eigenvalue weighted by atomic mass is 79.9. The van der Waals surface area contributed by atoms with Gasteiger partial charge in [0.05, 0.1) is 10.4 Å². The van der Waals surface area contributed by atoms with E-state index in [0.717, 1.165) is 5.56 Å². The molecule has 0 saturated carbocycles. The quantitative estimate of drug-likeness (QED) is 0.859. The molecule has 0 fully saturated rings. The first-order chi connectivity index (χ1) is 9.06. The molecule has 0 radical (unpaired) electrons. The van der Waals surface area contributed by atoms with Gasteiger partial charge in [0.1, 0.15) is 12.4 Å². The molecule has 0 unspecified atom stereocenters. The Balaban J connectivity index is 2.07. The van der Waals surface area contributed by atoms with Gasteiger partial charge in [-0.15, -0.1) is 0 Å². The van der Waals surface area contributed by atoms with Crippen molar-refractivity contribution in [1.82, 2.24) is 0 Å². The molecular weight excluding hydrogens is 332 g/mol. The number of carboxylic acids is 1. The summed E-state index contributed by atoms with van der Waals surface area (Å²) in [5, 5.41) is 11.4. The van der Waals surface area contributed by atoms with Crippen LogP contribution in [0.25, 0.3) is 0 Å². The van der Waals surface area contributed by atoms with Crippen LogP contribution < -0.4 is 9.84 Å². The van der Waals surface area contributed by atoms with Crippen LogP contribution in [0.2, 0.25) is 5.02 Å². The number of benzene rings is 2. The lowest BCUT2D eigenvalue weighted by atomic mass is 10.2. The Kier molecular flexibility index (Phi) is 4.45. The number of carbonyl (C=O) groups excluding carboxylic acids is 1.